The number of aryl methyl sites for hydroxylation is 1. The van der Waals surface area contributed by atoms with Gasteiger partial charge in [-0.1, -0.05) is 41.4 Å². The lowest BCUT2D eigenvalue weighted by atomic mass is 10.0. The zero-order valence-electron chi connectivity index (χ0n) is 21.6. The molecule has 208 valence electrons. The minimum absolute atomic E-state index is 0.140. The number of rotatable bonds is 8. The number of fused-ring (bicyclic) bond motifs is 1. The van der Waals surface area contributed by atoms with E-state index in [1.807, 2.05) is 22.9 Å². The molecule has 1 fully saturated rings. The molecule has 3 aromatic rings. The van der Waals surface area contributed by atoms with Gasteiger partial charge in [-0.2, -0.15) is 9.40 Å². The van der Waals surface area contributed by atoms with Crippen LogP contribution in [0, 0.1) is 10.1 Å². The minimum atomic E-state index is -3.34. The number of hydrogen-bond donors (Lipinski definition) is 0. The third kappa shape index (κ3) is 6.07. The van der Waals surface area contributed by atoms with Crippen LogP contribution in [0.4, 0.5) is 11.4 Å². The maximum absolute atomic E-state index is 12.3. The van der Waals surface area contributed by atoms with Gasteiger partial charge >= 0.3 is 0 Å². The Morgan fingerprint density at radius 3 is 2.44 bits per heavy atom. The quantitative estimate of drug-likeness (QED) is 0.284. The molecule has 0 N–H and O–H groups in total. The summed E-state index contributed by atoms with van der Waals surface area (Å²) in [7, 11) is -3.34. The molecule has 10 nitrogen and oxygen atoms in total. The van der Waals surface area contributed by atoms with Crippen LogP contribution in [-0.4, -0.2) is 77.9 Å². The van der Waals surface area contributed by atoms with Gasteiger partial charge in [0.2, 0.25) is 10.0 Å². The zero-order chi connectivity index (χ0) is 27.7. The Morgan fingerprint density at radius 1 is 1.00 bits per heavy atom. The fourth-order valence-electron chi connectivity index (χ4n) is 5.35. The number of halogens is 2. The highest BCUT2D eigenvalue weighted by Crippen LogP contribution is 2.34. The molecule has 0 bridgehead atoms. The second-order valence-corrected chi connectivity index (χ2v) is 12.7. The van der Waals surface area contributed by atoms with Crippen LogP contribution >= 0.6 is 23.2 Å². The normalized spacial score (nSPS) is 16.8. The van der Waals surface area contributed by atoms with Crippen LogP contribution in [0.1, 0.15) is 17.7 Å². The summed E-state index contributed by atoms with van der Waals surface area (Å²) in [6, 6.07) is 12.2. The lowest BCUT2D eigenvalue weighted by Gasteiger charge is -2.35. The molecule has 5 rings (SSSR count). The van der Waals surface area contributed by atoms with E-state index >= 15 is 0 Å². The van der Waals surface area contributed by atoms with Gasteiger partial charge in [-0.3, -0.25) is 19.7 Å². The number of anilines is 1. The Kier molecular flexibility index (Phi) is 8.16. The van der Waals surface area contributed by atoms with Gasteiger partial charge in [-0.25, -0.2) is 8.42 Å². The smallest absolute Gasteiger partial charge is 0.292 e. The molecule has 1 aromatic heterocycles. The van der Waals surface area contributed by atoms with Crippen molar-refractivity contribution in [2.75, 3.05) is 50.4 Å². The van der Waals surface area contributed by atoms with Gasteiger partial charge in [0.15, 0.2) is 0 Å². The van der Waals surface area contributed by atoms with E-state index in [0.29, 0.717) is 35.2 Å². The first-order valence-corrected chi connectivity index (χ1v) is 15.4. The first-order chi connectivity index (χ1) is 18.6. The molecule has 13 heteroatoms. The molecular weight excluding hydrogens is 563 g/mol. The molecule has 0 saturated carbocycles. The predicted octanol–water partition coefficient (Wildman–Crippen LogP) is 4.30. The van der Waals surface area contributed by atoms with Crippen molar-refractivity contribution < 1.29 is 13.3 Å². The van der Waals surface area contributed by atoms with Crippen molar-refractivity contribution in [1.29, 1.82) is 0 Å². The third-order valence-electron chi connectivity index (χ3n) is 7.40. The molecule has 2 aromatic carbocycles. The predicted molar refractivity (Wildman–Crippen MR) is 153 cm³/mol. The van der Waals surface area contributed by atoms with Gasteiger partial charge in [0, 0.05) is 81.7 Å². The molecule has 0 unspecified atom stereocenters. The van der Waals surface area contributed by atoms with Crippen LogP contribution in [0.25, 0.3) is 11.3 Å². The average Bonchev–Trinajstić information content (AvgIpc) is 3.28. The van der Waals surface area contributed by atoms with Crippen molar-refractivity contribution in [3.63, 3.8) is 0 Å². The highest BCUT2D eigenvalue weighted by atomic mass is 35.5. The maximum Gasteiger partial charge on any atom is 0.292 e. The van der Waals surface area contributed by atoms with Gasteiger partial charge in [0.1, 0.15) is 5.69 Å². The number of nitro benzene ring substituents is 1. The summed E-state index contributed by atoms with van der Waals surface area (Å²) in [5.74, 6) is 0. The summed E-state index contributed by atoms with van der Waals surface area (Å²) in [6.45, 7) is 5.37. The fourth-order valence-corrected chi connectivity index (χ4v) is 6.44. The number of sulfonamides is 1. The van der Waals surface area contributed by atoms with E-state index in [0.717, 1.165) is 61.7 Å². The molecule has 39 heavy (non-hydrogen) atoms. The largest absolute Gasteiger partial charge is 0.363 e. The highest BCUT2D eigenvalue weighted by Gasteiger charge is 2.30. The van der Waals surface area contributed by atoms with E-state index < -0.39 is 10.0 Å². The minimum Gasteiger partial charge on any atom is -0.363 e. The molecule has 0 atom stereocenters. The Hall–Kier alpha value is -2.70. The first-order valence-electron chi connectivity index (χ1n) is 12.8. The van der Waals surface area contributed by atoms with E-state index in [4.69, 9.17) is 28.3 Å². The molecule has 2 aliphatic heterocycles. The van der Waals surface area contributed by atoms with E-state index in [9.17, 15) is 18.5 Å². The lowest BCUT2D eigenvalue weighted by Crippen LogP contribution is -2.47. The lowest BCUT2D eigenvalue weighted by molar-refractivity contribution is -0.384. The molecule has 0 amide bonds. The van der Waals surface area contributed by atoms with Crippen LogP contribution < -0.4 is 4.90 Å². The van der Waals surface area contributed by atoms with Crippen LogP contribution in [0.15, 0.2) is 42.5 Å². The number of benzene rings is 2. The molecular formula is C26H30Cl2N6O4S. The van der Waals surface area contributed by atoms with Gasteiger partial charge in [-0.05, 0) is 24.6 Å². The number of hydrogen-bond acceptors (Lipinski definition) is 7. The van der Waals surface area contributed by atoms with Crippen molar-refractivity contribution in [3.8, 4) is 11.3 Å². The van der Waals surface area contributed by atoms with Gasteiger partial charge in [-0.15, -0.1) is 0 Å². The molecule has 0 aliphatic carbocycles. The number of aromatic nitrogens is 2. The van der Waals surface area contributed by atoms with E-state index in [1.54, 1.807) is 24.3 Å². The van der Waals surface area contributed by atoms with Crippen molar-refractivity contribution in [2.24, 2.45) is 0 Å². The molecule has 2 aliphatic rings. The second kappa shape index (κ2) is 11.4. The summed E-state index contributed by atoms with van der Waals surface area (Å²) in [5, 5.41) is 17.2. The average molecular weight is 594 g/mol. The monoisotopic (exact) mass is 592 g/mol. The van der Waals surface area contributed by atoms with E-state index in [2.05, 4.69) is 9.80 Å². The summed E-state index contributed by atoms with van der Waals surface area (Å²) in [5.41, 5.74) is 4.31. The Morgan fingerprint density at radius 2 is 1.74 bits per heavy atom. The second-order valence-electron chi connectivity index (χ2n) is 9.90. The number of nitrogens with zero attached hydrogens (tertiary/aromatic N) is 6. The van der Waals surface area contributed by atoms with Crippen LogP contribution in [-0.2, 0) is 29.5 Å². The van der Waals surface area contributed by atoms with Crippen molar-refractivity contribution in [2.45, 2.75) is 25.9 Å². The first kappa shape index (κ1) is 27.9. The third-order valence-corrected chi connectivity index (χ3v) is 9.39. The molecule has 0 spiro atoms. The summed E-state index contributed by atoms with van der Waals surface area (Å²) in [6.07, 6.45) is 2.69. The fraction of sp³-hybridized carbons (Fsp3) is 0.423. The van der Waals surface area contributed by atoms with Crippen LogP contribution in [0.5, 0.6) is 0 Å². The standard InChI is InChI=1S/C26H30Cl2N6O4S/c1-39(37,38)32-12-9-23-20(18-32)26(19-7-8-21(27)22(28)17-19)29-33(23)11-4-10-30-13-15-31(16-14-30)24-5-2-3-6-25(24)34(35)36/h2-3,5-8,17H,4,9-16,18H2,1H3. The summed E-state index contributed by atoms with van der Waals surface area (Å²) in [4.78, 5) is 15.5. The van der Waals surface area contributed by atoms with Crippen molar-refractivity contribution >= 4 is 44.6 Å². The van der Waals surface area contributed by atoms with Gasteiger partial charge in [0.05, 0.1) is 26.9 Å². The number of piperazine rings is 1. The zero-order valence-corrected chi connectivity index (χ0v) is 23.9. The van der Waals surface area contributed by atoms with Crippen molar-refractivity contribution in [3.05, 3.63) is 73.9 Å². The Bertz CT molecular complexity index is 1490. The van der Waals surface area contributed by atoms with Crippen LogP contribution in [0.3, 0.4) is 0 Å². The highest BCUT2D eigenvalue weighted by molar-refractivity contribution is 7.88. The van der Waals surface area contributed by atoms with E-state index in [-0.39, 0.29) is 17.2 Å². The Labute approximate surface area is 237 Å². The summed E-state index contributed by atoms with van der Waals surface area (Å²) >= 11 is 12.4. The summed E-state index contributed by atoms with van der Waals surface area (Å²) < 4.78 is 28.1. The molecule has 1 saturated heterocycles. The SMILES string of the molecule is CS(=O)(=O)N1CCc2c(c(-c3ccc(Cl)c(Cl)c3)nn2CCCN2CCN(c3ccccc3[N+](=O)[O-])CC2)C1. The Balaban J connectivity index is 1.27. The van der Waals surface area contributed by atoms with Gasteiger partial charge in [0.25, 0.3) is 5.69 Å². The molecule has 3 heterocycles. The van der Waals surface area contributed by atoms with Crippen LogP contribution in [0.2, 0.25) is 10.0 Å². The maximum atomic E-state index is 12.3. The van der Waals surface area contributed by atoms with Crippen molar-refractivity contribution in [1.82, 2.24) is 19.0 Å². The topological polar surface area (TPSA) is 105 Å². The van der Waals surface area contributed by atoms with E-state index in [1.165, 1.54) is 10.6 Å². The van der Waals surface area contributed by atoms with Gasteiger partial charge < -0.3 is 4.90 Å². The number of para-hydroxylation sites is 2. The molecule has 0 radical (unpaired) electrons. The number of nitro groups is 1.